The van der Waals surface area contributed by atoms with Crippen molar-refractivity contribution in [1.29, 1.82) is 5.26 Å². The third-order valence-electron chi connectivity index (χ3n) is 2.52. The van der Waals surface area contributed by atoms with Crippen LogP contribution in [0.1, 0.15) is 18.1 Å². The van der Waals surface area contributed by atoms with Gasteiger partial charge in [-0.1, -0.05) is 12.1 Å². The van der Waals surface area contributed by atoms with Crippen molar-refractivity contribution in [2.45, 2.75) is 26.3 Å². The highest BCUT2D eigenvalue weighted by molar-refractivity contribution is 5.82. The Balaban J connectivity index is 2.97. The maximum atomic E-state index is 11.3. The molecular weight excluding hydrogens is 232 g/mol. The van der Waals surface area contributed by atoms with Crippen LogP contribution in [-0.4, -0.2) is 17.9 Å². The minimum absolute atomic E-state index is 0.207. The number of hydrogen-bond acceptors (Lipinski definition) is 5. The number of ketones is 1. The number of benzene rings is 1. The molecule has 0 bridgehead atoms. The van der Waals surface area contributed by atoms with Gasteiger partial charge < -0.3 is 4.74 Å². The maximum Gasteiger partial charge on any atom is 0.292 e. The normalized spacial score (nSPS) is 10.9. The summed E-state index contributed by atoms with van der Waals surface area (Å²) in [7, 11) is 0. The number of hydrogen-bond donors (Lipinski definition) is 0. The van der Waals surface area contributed by atoms with Crippen molar-refractivity contribution in [3.63, 3.8) is 0 Å². The van der Waals surface area contributed by atoms with Crippen molar-refractivity contribution in [3.8, 4) is 12.0 Å². The Bertz CT molecular complexity index is 538. The van der Waals surface area contributed by atoms with E-state index < -0.39 is 6.04 Å². The molecule has 1 aromatic carbocycles. The summed E-state index contributed by atoms with van der Waals surface area (Å²) >= 11 is 0. The highest BCUT2D eigenvalue weighted by Gasteiger charge is 2.14. The first kappa shape index (κ1) is 13.6. The fourth-order valence-corrected chi connectivity index (χ4v) is 1.50. The number of carbonyl (C=O) groups excluding carboxylic acids is 2. The molecule has 1 unspecified atom stereocenters. The summed E-state index contributed by atoms with van der Waals surface area (Å²) in [6, 6.07) is 4.51. The van der Waals surface area contributed by atoms with Crippen LogP contribution < -0.4 is 4.74 Å². The molecule has 0 radical (unpaired) electrons. The first-order chi connectivity index (χ1) is 8.58. The molecule has 0 N–H and O–H groups in total. The van der Waals surface area contributed by atoms with Gasteiger partial charge in [0.15, 0.2) is 5.78 Å². The van der Waals surface area contributed by atoms with Gasteiger partial charge in [0.05, 0.1) is 0 Å². The minimum Gasteiger partial charge on any atom is -0.388 e. The fraction of sp³-hybridized carbons (Fsp3) is 0.308. The van der Waals surface area contributed by atoms with Crippen molar-refractivity contribution >= 4 is 11.9 Å². The second-order valence-corrected chi connectivity index (χ2v) is 3.84. The second kappa shape index (κ2) is 6.33. The van der Waals surface area contributed by atoms with Crippen molar-refractivity contribution in [2.24, 2.45) is 4.99 Å². The molecular formula is C13H12N2O3. The van der Waals surface area contributed by atoms with Crippen molar-refractivity contribution in [3.05, 3.63) is 29.3 Å². The monoisotopic (exact) mass is 244 g/mol. The molecule has 0 fully saturated rings. The van der Waals surface area contributed by atoms with Gasteiger partial charge in [-0.25, -0.2) is 4.79 Å². The van der Waals surface area contributed by atoms with E-state index in [1.807, 2.05) is 6.92 Å². The molecule has 0 aromatic heterocycles. The zero-order valence-corrected chi connectivity index (χ0v) is 10.1. The topological polar surface area (TPSA) is 79.5 Å². The third kappa shape index (κ3) is 3.55. The van der Waals surface area contributed by atoms with E-state index in [2.05, 4.69) is 4.99 Å². The van der Waals surface area contributed by atoms with E-state index in [0.717, 1.165) is 11.1 Å². The first-order valence-corrected chi connectivity index (χ1v) is 5.31. The smallest absolute Gasteiger partial charge is 0.292 e. The average molecular weight is 244 g/mol. The molecule has 1 aromatic rings. The van der Waals surface area contributed by atoms with Crippen LogP contribution >= 0.6 is 0 Å². The highest BCUT2D eigenvalue weighted by Crippen LogP contribution is 2.20. The lowest BCUT2D eigenvalue weighted by Crippen LogP contribution is -2.18. The molecule has 5 heteroatoms. The number of aryl methyl sites for hydroxylation is 1. The number of aliphatic imine (C=N–C) groups is 1. The van der Waals surface area contributed by atoms with E-state index in [4.69, 9.17) is 10.00 Å². The van der Waals surface area contributed by atoms with Gasteiger partial charge in [0, 0.05) is 6.42 Å². The van der Waals surface area contributed by atoms with Crippen LogP contribution in [0.4, 0.5) is 0 Å². The van der Waals surface area contributed by atoms with Crippen LogP contribution in [0.2, 0.25) is 0 Å². The number of isocyanates is 1. The van der Waals surface area contributed by atoms with E-state index in [-0.39, 0.29) is 12.2 Å². The molecule has 1 atom stereocenters. The lowest BCUT2D eigenvalue weighted by atomic mass is 10.0. The summed E-state index contributed by atoms with van der Waals surface area (Å²) in [6.45, 7) is 3.18. The molecule has 0 saturated carbocycles. The van der Waals surface area contributed by atoms with Crippen LogP contribution in [0.3, 0.4) is 0 Å². The summed E-state index contributed by atoms with van der Waals surface area (Å²) in [5.74, 6) is 0.231. The van der Waals surface area contributed by atoms with E-state index in [1.165, 1.54) is 13.0 Å². The lowest BCUT2D eigenvalue weighted by molar-refractivity contribution is -0.118. The summed E-state index contributed by atoms with van der Waals surface area (Å²) in [6.07, 6.45) is 3.28. The summed E-state index contributed by atoms with van der Waals surface area (Å²) in [5, 5.41) is 8.49. The number of carbonyl (C=O) groups is 1. The van der Waals surface area contributed by atoms with Gasteiger partial charge in [0.2, 0.25) is 6.08 Å². The molecule has 0 saturated heterocycles. The van der Waals surface area contributed by atoms with Crippen LogP contribution in [0.5, 0.6) is 5.75 Å². The molecule has 0 heterocycles. The van der Waals surface area contributed by atoms with Crippen LogP contribution in [0.25, 0.3) is 0 Å². The van der Waals surface area contributed by atoms with Gasteiger partial charge in [0.25, 0.3) is 6.26 Å². The van der Waals surface area contributed by atoms with Crippen LogP contribution in [-0.2, 0) is 16.0 Å². The minimum atomic E-state index is -0.736. The van der Waals surface area contributed by atoms with E-state index in [0.29, 0.717) is 5.75 Å². The Kier molecular flexibility index (Phi) is 4.79. The summed E-state index contributed by atoms with van der Waals surface area (Å²) in [4.78, 5) is 24.9. The van der Waals surface area contributed by atoms with Crippen molar-refractivity contribution < 1.29 is 14.3 Å². The molecule has 5 nitrogen and oxygen atoms in total. The van der Waals surface area contributed by atoms with E-state index in [9.17, 15) is 9.59 Å². The predicted octanol–water partition coefficient (Wildman–Crippen LogP) is 1.69. The van der Waals surface area contributed by atoms with Crippen molar-refractivity contribution in [1.82, 2.24) is 0 Å². The Morgan fingerprint density at radius 3 is 2.83 bits per heavy atom. The van der Waals surface area contributed by atoms with Crippen LogP contribution in [0, 0.1) is 18.4 Å². The van der Waals surface area contributed by atoms with Gasteiger partial charge in [-0.05, 0) is 31.0 Å². The number of nitriles is 1. The lowest BCUT2D eigenvalue weighted by Gasteiger charge is -2.09. The van der Waals surface area contributed by atoms with Gasteiger partial charge >= 0.3 is 0 Å². The molecule has 1 rings (SSSR count). The molecule has 18 heavy (non-hydrogen) atoms. The Hall–Kier alpha value is -2.44. The number of Topliss-reactive ketones (excluding diaryl/α,β-unsaturated/α-hetero) is 1. The number of nitrogens with zero attached hydrogens (tertiary/aromatic N) is 2. The number of ether oxygens (including phenoxy) is 1. The number of rotatable bonds is 5. The Labute approximate surface area is 105 Å². The van der Waals surface area contributed by atoms with Gasteiger partial charge in [0.1, 0.15) is 11.8 Å². The Morgan fingerprint density at radius 1 is 1.56 bits per heavy atom. The standard InChI is InChI=1S/C13H12N2O3/c1-9-3-4-11(6-13(9)18-7-14)5-12(10(2)17)15-8-16/h3-4,6,12H,5H2,1-2H3. The SMILES string of the molecule is CC(=O)C(Cc1ccc(C)c(OC#N)c1)N=C=O. The molecule has 0 spiro atoms. The predicted molar refractivity (Wildman–Crippen MR) is 63.7 cm³/mol. The molecule has 0 aliphatic carbocycles. The van der Waals surface area contributed by atoms with Crippen molar-refractivity contribution in [2.75, 3.05) is 0 Å². The molecule has 0 aliphatic rings. The Morgan fingerprint density at radius 2 is 2.28 bits per heavy atom. The maximum absolute atomic E-state index is 11.3. The summed E-state index contributed by atoms with van der Waals surface area (Å²) in [5.41, 5.74) is 1.59. The third-order valence-corrected chi connectivity index (χ3v) is 2.52. The average Bonchev–Trinajstić information content (AvgIpc) is 2.33. The van der Waals surface area contributed by atoms with Gasteiger partial charge in [-0.15, -0.1) is 5.26 Å². The van der Waals surface area contributed by atoms with E-state index in [1.54, 1.807) is 24.5 Å². The second-order valence-electron chi connectivity index (χ2n) is 3.84. The van der Waals surface area contributed by atoms with Gasteiger partial charge in [-0.2, -0.15) is 4.99 Å². The summed E-state index contributed by atoms with van der Waals surface area (Å²) < 4.78 is 4.79. The quantitative estimate of drug-likeness (QED) is 0.448. The first-order valence-electron chi connectivity index (χ1n) is 5.31. The zero-order valence-electron chi connectivity index (χ0n) is 10.1. The molecule has 0 aliphatic heterocycles. The van der Waals surface area contributed by atoms with E-state index >= 15 is 0 Å². The molecule has 0 amide bonds. The van der Waals surface area contributed by atoms with Gasteiger partial charge in [-0.3, -0.25) is 4.79 Å². The fourth-order valence-electron chi connectivity index (χ4n) is 1.50. The van der Waals surface area contributed by atoms with Crippen LogP contribution in [0.15, 0.2) is 23.2 Å². The molecule has 92 valence electrons. The zero-order chi connectivity index (χ0) is 13.5. The highest BCUT2D eigenvalue weighted by atomic mass is 16.5. The largest absolute Gasteiger partial charge is 0.388 e.